The van der Waals surface area contributed by atoms with Gasteiger partial charge in [-0.3, -0.25) is 4.79 Å². The van der Waals surface area contributed by atoms with E-state index in [1.165, 1.54) is 0 Å². The number of aryl methyl sites for hydroxylation is 1. The molecule has 1 amide bonds. The summed E-state index contributed by atoms with van der Waals surface area (Å²) in [5.41, 5.74) is 3.46. The van der Waals surface area contributed by atoms with Crippen molar-refractivity contribution in [3.8, 4) is 5.75 Å². The maximum atomic E-state index is 12.5. The first kappa shape index (κ1) is 16.4. The van der Waals surface area contributed by atoms with E-state index in [9.17, 15) is 9.90 Å². The first-order valence-electron chi connectivity index (χ1n) is 7.94. The second kappa shape index (κ2) is 6.97. The Morgan fingerprint density at radius 2 is 2.08 bits per heavy atom. The molecule has 0 unspecified atom stereocenters. The number of H-pyrrole nitrogens is 1. The van der Waals surface area contributed by atoms with Gasteiger partial charge in [-0.15, -0.1) is 0 Å². The van der Waals surface area contributed by atoms with Crippen molar-refractivity contribution in [1.29, 1.82) is 0 Å². The van der Waals surface area contributed by atoms with Gasteiger partial charge in [-0.1, -0.05) is 30.7 Å². The molecule has 2 aromatic carbocycles. The summed E-state index contributed by atoms with van der Waals surface area (Å²) >= 11 is 6.07. The summed E-state index contributed by atoms with van der Waals surface area (Å²) in [6.07, 6.45) is 1.41. The first-order valence-corrected chi connectivity index (χ1v) is 8.32. The summed E-state index contributed by atoms with van der Waals surface area (Å²) in [7, 11) is 0. The van der Waals surface area contributed by atoms with Crippen molar-refractivity contribution in [2.24, 2.45) is 0 Å². The molecule has 0 spiro atoms. The lowest BCUT2D eigenvalue weighted by Gasteiger charge is -2.06. The number of aromatic nitrogens is 1. The molecule has 0 aliphatic rings. The van der Waals surface area contributed by atoms with Gasteiger partial charge >= 0.3 is 0 Å². The minimum absolute atomic E-state index is 0.126. The predicted molar refractivity (Wildman–Crippen MR) is 96.8 cm³/mol. The minimum Gasteiger partial charge on any atom is -0.508 e. The number of fused-ring (bicyclic) bond motifs is 1. The van der Waals surface area contributed by atoms with Crippen LogP contribution in [0, 0.1) is 0 Å². The van der Waals surface area contributed by atoms with E-state index in [4.69, 9.17) is 11.6 Å². The van der Waals surface area contributed by atoms with Crippen LogP contribution in [-0.4, -0.2) is 22.5 Å². The monoisotopic (exact) mass is 342 g/mol. The summed E-state index contributed by atoms with van der Waals surface area (Å²) in [6.45, 7) is 2.52. The number of rotatable bonds is 5. The van der Waals surface area contributed by atoms with Crippen molar-refractivity contribution in [3.63, 3.8) is 0 Å². The molecule has 0 bridgehead atoms. The first-order chi connectivity index (χ1) is 11.6. The molecule has 3 rings (SSSR count). The Balaban J connectivity index is 1.74. The van der Waals surface area contributed by atoms with Crippen LogP contribution in [0.5, 0.6) is 5.75 Å². The number of hydrogen-bond acceptors (Lipinski definition) is 2. The summed E-state index contributed by atoms with van der Waals surface area (Å²) in [6, 6.07) is 12.6. The molecule has 124 valence electrons. The molecule has 1 aromatic heterocycles. The van der Waals surface area contributed by atoms with Crippen molar-refractivity contribution in [1.82, 2.24) is 10.3 Å². The normalized spacial score (nSPS) is 10.9. The number of aromatic amines is 1. The molecule has 0 aliphatic heterocycles. The van der Waals surface area contributed by atoms with Crippen LogP contribution in [-0.2, 0) is 12.8 Å². The topological polar surface area (TPSA) is 65.1 Å². The fourth-order valence-corrected chi connectivity index (χ4v) is 3.07. The molecule has 0 aliphatic carbocycles. The summed E-state index contributed by atoms with van der Waals surface area (Å²) < 4.78 is 0. The van der Waals surface area contributed by atoms with Gasteiger partial charge in [-0.05, 0) is 54.3 Å². The van der Waals surface area contributed by atoms with Crippen LogP contribution in [0.25, 0.3) is 10.9 Å². The van der Waals surface area contributed by atoms with Gasteiger partial charge in [0.25, 0.3) is 5.91 Å². The van der Waals surface area contributed by atoms with Crippen LogP contribution in [0.1, 0.15) is 28.5 Å². The van der Waals surface area contributed by atoms with Crippen LogP contribution < -0.4 is 5.32 Å². The fraction of sp³-hybridized carbons (Fsp3) is 0.211. The molecule has 3 aromatic rings. The number of phenols is 1. The number of nitrogens with one attached hydrogen (secondary N) is 2. The Morgan fingerprint density at radius 1 is 1.25 bits per heavy atom. The van der Waals surface area contributed by atoms with Crippen LogP contribution in [0.2, 0.25) is 5.02 Å². The smallest absolute Gasteiger partial charge is 0.268 e. The molecule has 0 saturated carbocycles. The molecule has 0 atom stereocenters. The van der Waals surface area contributed by atoms with Gasteiger partial charge in [0.15, 0.2) is 0 Å². The molecule has 24 heavy (non-hydrogen) atoms. The third-order valence-corrected chi connectivity index (χ3v) is 4.29. The molecule has 4 nitrogen and oxygen atoms in total. The average molecular weight is 343 g/mol. The fourth-order valence-electron chi connectivity index (χ4n) is 2.90. The van der Waals surface area contributed by atoms with E-state index in [0.29, 0.717) is 23.7 Å². The number of halogens is 1. The number of amides is 1. The second-order valence-corrected chi connectivity index (χ2v) is 6.13. The largest absolute Gasteiger partial charge is 0.508 e. The SMILES string of the molecule is CCc1c(C(=O)NCCc2cccc(O)c2)[nH]c2ccc(Cl)cc12. The highest BCUT2D eigenvalue weighted by Gasteiger charge is 2.16. The van der Waals surface area contributed by atoms with E-state index in [1.54, 1.807) is 18.2 Å². The van der Waals surface area contributed by atoms with E-state index in [-0.39, 0.29) is 11.7 Å². The minimum atomic E-state index is -0.126. The standard InChI is InChI=1S/C19H19ClN2O2/c1-2-15-16-11-13(20)6-7-17(16)22-18(15)19(24)21-9-8-12-4-3-5-14(23)10-12/h3-7,10-11,22-23H,2,8-9H2,1H3,(H,21,24). The van der Waals surface area contributed by atoms with Crippen molar-refractivity contribution < 1.29 is 9.90 Å². The van der Waals surface area contributed by atoms with Gasteiger partial charge in [0.2, 0.25) is 0 Å². The Morgan fingerprint density at radius 3 is 2.83 bits per heavy atom. The molecule has 0 saturated heterocycles. The maximum absolute atomic E-state index is 12.5. The van der Waals surface area contributed by atoms with Gasteiger partial charge in [0.1, 0.15) is 11.4 Å². The third-order valence-electron chi connectivity index (χ3n) is 4.06. The van der Waals surface area contributed by atoms with Gasteiger partial charge in [0, 0.05) is 22.5 Å². The summed E-state index contributed by atoms with van der Waals surface area (Å²) in [5.74, 6) is 0.110. The molecule has 0 radical (unpaired) electrons. The molecule has 3 N–H and O–H groups in total. The van der Waals surface area contributed by atoms with Gasteiger partial charge in [0.05, 0.1) is 0 Å². The highest BCUT2D eigenvalue weighted by molar-refractivity contribution is 6.31. The number of benzene rings is 2. The molecular formula is C19H19ClN2O2. The maximum Gasteiger partial charge on any atom is 0.268 e. The third kappa shape index (κ3) is 3.39. The summed E-state index contributed by atoms with van der Waals surface area (Å²) in [4.78, 5) is 15.7. The van der Waals surface area contributed by atoms with Gasteiger partial charge < -0.3 is 15.4 Å². The highest BCUT2D eigenvalue weighted by Crippen LogP contribution is 2.26. The zero-order valence-electron chi connectivity index (χ0n) is 13.4. The van der Waals surface area contributed by atoms with E-state index in [0.717, 1.165) is 28.5 Å². The molecule has 1 heterocycles. The van der Waals surface area contributed by atoms with Crippen LogP contribution in [0.4, 0.5) is 0 Å². The predicted octanol–water partition coefficient (Wildman–Crippen LogP) is 4.06. The molecular weight excluding hydrogens is 324 g/mol. The lowest BCUT2D eigenvalue weighted by Crippen LogP contribution is -2.26. The van der Waals surface area contributed by atoms with Crippen LogP contribution in [0.3, 0.4) is 0 Å². The molecule has 0 fully saturated rings. The van der Waals surface area contributed by atoms with E-state index >= 15 is 0 Å². The lowest BCUT2D eigenvalue weighted by atomic mass is 10.1. The Kier molecular flexibility index (Phi) is 4.76. The average Bonchev–Trinajstić information content (AvgIpc) is 2.92. The van der Waals surface area contributed by atoms with Gasteiger partial charge in [-0.2, -0.15) is 0 Å². The second-order valence-electron chi connectivity index (χ2n) is 5.70. The van der Waals surface area contributed by atoms with Crippen molar-refractivity contribution >= 4 is 28.4 Å². The Hall–Kier alpha value is -2.46. The van der Waals surface area contributed by atoms with Crippen LogP contribution >= 0.6 is 11.6 Å². The number of aromatic hydroxyl groups is 1. The van der Waals surface area contributed by atoms with E-state index in [1.807, 2.05) is 31.2 Å². The number of carbonyl (C=O) groups is 1. The van der Waals surface area contributed by atoms with E-state index < -0.39 is 0 Å². The summed E-state index contributed by atoms with van der Waals surface area (Å²) in [5, 5.41) is 14.0. The Labute approximate surface area is 145 Å². The number of carbonyl (C=O) groups excluding carboxylic acids is 1. The van der Waals surface area contributed by atoms with Crippen molar-refractivity contribution in [2.45, 2.75) is 19.8 Å². The van der Waals surface area contributed by atoms with Crippen molar-refractivity contribution in [2.75, 3.05) is 6.54 Å². The number of hydrogen-bond donors (Lipinski definition) is 3. The Bertz CT molecular complexity index is 886. The highest BCUT2D eigenvalue weighted by atomic mass is 35.5. The zero-order valence-corrected chi connectivity index (χ0v) is 14.2. The van der Waals surface area contributed by atoms with Gasteiger partial charge in [-0.25, -0.2) is 0 Å². The zero-order chi connectivity index (χ0) is 17.1. The quantitative estimate of drug-likeness (QED) is 0.654. The molecule has 5 heteroatoms. The number of phenolic OH excluding ortho intramolecular Hbond substituents is 1. The van der Waals surface area contributed by atoms with Crippen molar-refractivity contribution in [3.05, 3.63) is 64.3 Å². The van der Waals surface area contributed by atoms with E-state index in [2.05, 4.69) is 10.3 Å². The lowest BCUT2D eigenvalue weighted by molar-refractivity contribution is 0.0949. The van der Waals surface area contributed by atoms with Crippen LogP contribution in [0.15, 0.2) is 42.5 Å².